The van der Waals surface area contributed by atoms with Gasteiger partial charge >= 0.3 is 5.97 Å². The van der Waals surface area contributed by atoms with E-state index in [0.717, 1.165) is 5.56 Å². The van der Waals surface area contributed by atoms with E-state index >= 15 is 0 Å². The fourth-order valence-corrected chi connectivity index (χ4v) is 1.57. The van der Waals surface area contributed by atoms with Crippen LogP contribution < -0.4 is 5.32 Å². The van der Waals surface area contributed by atoms with Crippen molar-refractivity contribution in [1.82, 2.24) is 0 Å². The zero-order valence-electron chi connectivity index (χ0n) is 11.2. The maximum atomic E-state index is 11.7. The maximum absolute atomic E-state index is 11.7. The van der Waals surface area contributed by atoms with Gasteiger partial charge in [0.1, 0.15) is 0 Å². The van der Waals surface area contributed by atoms with Gasteiger partial charge in [-0.1, -0.05) is 19.9 Å². The molecule has 1 rings (SSSR count). The lowest BCUT2D eigenvalue weighted by Crippen LogP contribution is -2.15. The molecule has 0 saturated carbocycles. The molecule has 0 aromatic heterocycles. The Balaban J connectivity index is 2.87. The van der Waals surface area contributed by atoms with Gasteiger partial charge in [-0.05, 0) is 30.5 Å². The number of anilines is 1. The highest BCUT2D eigenvalue weighted by molar-refractivity contribution is 5.95. The van der Waals surface area contributed by atoms with Gasteiger partial charge in [0.25, 0.3) is 0 Å². The molecule has 0 unspecified atom stereocenters. The molecule has 4 heteroatoms. The molecule has 0 atom stereocenters. The Bertz CT molecular complexity index is 452. The Morgan fingerprint density at radius 1 is 1.33 bits per heavy atom. The summed E-state index contributed by atoms with van der Waals surface area (Å²) in [6.07, 6.45) is 0.460. The predicted molar refractivity (Wildman–Crippen MR) is 70.6 cm³/mol. The van der Waals surface area contributed by atoms with Crippen LogP contribution in [-0.4, -0.2) is 19.0 Å². The summed E-state index contributed by atoms with van der Waals surface area (Å²) in [4.78, 5) is 23.1. The second kappa shape index (κ2) is 6.19. The van der Waals surface area contributed by atoms with E-state index in [1.807, 2.05) is 20.8 Å². The molecule has 0 aliphatic heterocycles. The number of aryl methyl sites for hydroxylation is 1. The lowest BCUT2D eigenvalue weighted by molar-refractivity contribution is -0.116. The summed E-state index contributed by atoms with van der Waals surface area (Å²) in [6.45, 7) is 5.85. The number of benzene rings is 1. The van der Waals surface area contributed by atoms with Crippen molar-refractivity contribution in [1.29, 1.82) is 0 Å². The van der Waals surface area contributed by atoms with Crippen molar-refractivity contribution in [2.45, 2.75) is 27.2 Å². The molecule has 1 aromatic rings. The molecule has 0 fully saturated rings. The maximum Gasteiger partial charge on any atom is 0.337 e. The van der Waals surface area contributed by atoms with Crippen molar-refractivity contribution < 1.29 is 14.3 Å². The zero-order chi connectivity index (χ0) is 13.7. The fraction of sp³-hybridized carbons (Fsp3) is 0.429. The van der Waals surface area contributed by atoms with Crippen LogP contribution in [0.3, 0.4) is 0 Å². The summed E-state index contributed by atoms with van der Waals surface area (Å²) >= 11 is 0. The Morgan fingerprint density at radius 2 is 2.00 bits per heavy atom. The Kier molecular flexibility index (Phi) is 4.89. The number of hydrogen-bond donors (Lipinski definition) is 1. The van der Waals surface area contributed by atoms with Crippen molar-refractivity contribution in [3.05, 3.63) is 29.3 Å². The molecule has 0 spiro atoms. The molecule has 0 aliphatic rings. The molecule has 1 aromatic carbocycles. The van der Waals surface area contributed by atoms with E-state index in [-0.39, 0.29) is 5.91 Å². The number of carbonyl (C=O) groups is 2. The summed E-state index contributed by atoms with van der Waals surface area (Å²) < 4.78 is 4.65. The predicted octanol–water partition coefficient (Wildman–Crippen LogP) is 2.77. The molecule has 98 valence electrons. The van der Waals surface area contributed by atoms with E-state index in [4.69, 9.17) is 0 Å². The van der Waals surface area contributed by atoms with Gasteiger partial charge in [-0.25, -0.2) is 4.79 Å². The second-order valence-electron chi connectivity index (χ2n) is 4.67. The number of carbonyl (C=O) groups excluding carboxylic acids is 2. The minimum Gasteiger partial charge on any atom is -0.465 e. The minimum atomic E-state index is -0.408. The average molecular weight is 249 g/mol. The standard InChI is InChI=1S/C14H19NO3/c1-9(2)7-13(16)15-12-8-11(14(17)18-4)6-5-10(12)3/h5-6,8-9H,7H2,1-4H3,(H,15,16). The first-order valence-corrected chi connectivity index (χ1v) is 5.93. The van der Waals surface area contributed by atoms with E-state index in [2.05, 4.69) is 10.1 Å². The summed E-state index contributed by atoms with van der Waals surface area (Å²) in [5.41, 5.74) is 2.01. The van der Waals surface area contributed by atoms with Crippen molar-refractivity contribution in [2.24, 2.45) is 5.92 Å². The number of ether oxygens (including phenoxy) is 1. The van der Waals surface area contributed by atoms with Gasteiger partial charge in [0.05, 0.1) is 12.7 Å². The third-order valence-electron chi connectivity index (χ3n) is 2.53. The van der Waals surface area contributed by atoms with Crippen LogP contribution in [0.4, 0.5) is 5.69 Å². The van der Waals surface area contributed by atoms with Crippen molar-refractivity contribution >= 4 is 17.6 Å². The molecule has 4 nitrogen and oxygen atoms in total. The minimum absolute atomic E-state index is 0.0462. The van der Waals surface area contributed by atoms with Gasteiger partial charge in [0.15, 0.2) is 0 Å². The molecule has 1 amide bonds. The van der Waals surface area contributed by atoms with Gasteiger partial charge in [-0.15, -0.1) is 0 Å². The smallest absolute Gasteiger partial charge is 0.337 e. The highest BCUT2D eigenvalue weighted by Gasteiger charge is 2.11. The van der Waals surface area contributed by atoms with Gasteiger partial charge in [-0.2, -0.15) is 0 Å². The van der Waals surface area contributed by atoms with Crippen molar-refractivity contribution in [3.8, 4) is 0 Å². The lowest BCUT2D eigenvalue weighted by atomic mass is 10.1. The van der Waals surface area contributed by atoms with Crippen LogP contribution >= 0.6 is 0 Å². The second-order valence-corrected chi connectivity index (χ2v) is 4.67. The van der Waals surface area contributed by atoms with Crippen LogP contribution in [0.2, 0.25) is 0 Å². The number of hydrogen-bond acceptors (Lipinski definition) is 3. The molecule has 0 bridgehead atoms. The monoisotopic (exact) mass is 249 g/mol. The fourth-order valence-electron chi connectivity index (χ4n) is 1.57. The first-order chi connectivity index (χ1) is 8.43. The molecular formula is C14H19NO3. The zero-order valence-corrected chi connectivity index (χ0v) is 11.2. The normalized spacial score (nSPS) is 10.3. The van der Waals surface area contributed by atoms with Crippen LogP contribution in [0.5, 0.6) is 0 Å². The third kappa shape index (κ3) is 3.87. The SMILES string of the molecule is COC(=O)c1ccc(C)c(NC(=O)CC(C)C)c1. The van der Waals surface area contributed by atoms with Gasteiger partial charge in [0.2, 0.25) is 5.91 Å². The van der Waals surface area contributed by atoms with Crippen LogP contribution in [0.1, 0.15) is 36.2 Å². The number of nitrogens with one attached hydrogen (secondary N) is 1. The number of amides is 1. The summed E-state index contributed by atoms with van der Waals surface area (Å²) in [5, 5.41) is 2.81. The lowest BCUT2D eigenvalue weighted by Gasteiger charge is -2.11. The first kappa shape index (κ1) is 14.2. The van der Waals surface area contributed by atoms with Crippen molar-refractivity contribution in [3.63, 3.8) is 0 Å². The van der Waals surface area contributed by atoms with E-state index in [1.165, 1.54) is 7.11 Å². The molecular weight excluding hydrogens is 230 g/mol. The largest absolute Gasteiger partial charge is 0.465 e. The first-order valence-electron chi connectivity index (χ1n) is 5.93. The van der Waals surface area contributed by atoms with Crippen LogP contribution in [0.15, 0.2) is 18.2 Å². The van der Waals surface area contributed by atoms with Gasteiger partial charge in [0, 0.05) is 12.1 Å². The third-order valence-corrected chi connectivity index (χ3v) is 2.53. The molecule has 1 N–H and O–H groups in total. The highest BCUT2D eigenvalue weighted by atomic mass is 16.5. The number of methoxy groups -OCH3 is 1. The number of esters is 1. The van der Waals surface area contributed by atoms with Crippen molar-refractivity contribution in [2.75, 3.05) is 12.4 Å². The van der Waals surface area contributed by atoms with Gasteiger partial charge in [-0.3, -0.25) is 4.79 Å². The Hall–Kier alpha value is -1.84. The molecule has 0 saturated heterocycles. The van der Waals surface area contributed by atoms with E-state index in [1.54, 1.807) is 18.2 Å². The topological polar surface area (TPSA) is 55.4 Å². The number of rotatable bonds is 4. The van der Waals surface area contributed by atoms with Crippen LogP contribution in [0, 0.1) is 12.8 Å². The summed E-state index contributed by atoms with van der Waals surface area (Å²) in [7, 11) is 1.33. The van der Waals surface area contributed by atoms with Gasteiger partial charge < -0.3 is 10.1 Å². The van der Waals surface area contributed by atoms with E-state index in [9.17, 15) is 9.59 Å². The highest BCUT2D eigenvalue weighted by Crippen LogP contribution is 2.18. The molecule has 0 heterocycles. The quantitative estimate of drug-likeness (QED) is 0.835. The van der Waals surface area contributed by atoms with Crippen LogP contribution in [-0.2, 0) is 9.53 Å². The molecule has 0 radical (unpaired) electrons. The Morgan fingerprint density at radius 3 is 2.56 bits per heavy atom. The van der Waals surface area contributed by atoms with E-state index < -0.39 is 5.97 Å². The average Bonchev–Trinajstić information content (AvgIpc) is 2.30. The van der Waals surface area contributed by atoms with Crippen LogP contribution in [0.25, 0.3) is 0 Å². The molecule has 0 aliphatic carbocycles. The Labute approximate surface area is 107 Å². The van der Waals surface area contributed by atoms with E-state index in [0.29, 0.717) is 23.6 Å². The summed E-state index contributed by atoms with van der Waals surface area (Å²) in [6, 6.07) is 5.11. The molecule has 18 heavy (non-hydrogen) atoms. The summed E-state index contributed by atoms with van der Waals surface area (Å²) in [5.74, 6) is -0.154.